The van der Waals surface area contributed by atoms with Crippen molar-refractivity contribution in [1.82, 2.24) is 9.78 Å². The molecule has 1 aromatic carbocycles. The van der Waals surface area contributed by atoms with E-state index in [1.165, 1.54) is 10.2 Å². The van der Waals surface area contributed by atoms with E-state index < -0.39 is 0 Å². The molecule has 1 aromatic heterocycles. The van der Waals surface area contributed by atoms with E-state index in [9.17, 15) is 4.79 Å². The molecule has 2 heterocycles. The molecule has 0 aliphatic carbocycles. The summed E-state index contributed by atoms with van der Waals surface area (Å²) >= 11 is 6.20. The van der Waals surface area contributed by atoms with E-state index in [-0.39, 0.29) is 10.6 Å². The minimum Gasteiger partial charge on any atom is -0.497 e. The van der Waals surface area contributed by atoms with E-state index in [0.29, 0.717) is 5.92 Å². The molecule has 3 rings (SSSR count). The average Bonchev–Trinajstić information content (AvgIpc) is 2.61. The Morgan fingerprint density at radius 2 is 2.08 bits per heavy atom. The van der Waals surface area contributed by atoms with Crippen LogP contribution in [0.2, 0.25) is 5.02 Å². The van der Waals surface area contributed by atoms with Crippen LogP contribution in [0.25, 0.3) is 0 Å². The van der Waals surface area contributed by atoms with Gasteiger partial charge >= 0.3 is 0 Å². The minimum absolute atomic E-state index is 0.243. The molecular formula is C18H22ClN3O2. The van der Waals surface area contributed by atoms with Crippen LogP contribution >= 0.6 is 11.6 Å². The van der Waals surface area contributed by atoms with Gasteiger partial charge < -0.3 is 9.64 Å². The highest BCUT2D eigenvalue weighted by atomic mass is 35.5. The maximum absolute atomic E-state index is 11.9. The Bertz CT molecular complexity index is 767. The molecule has 0 unspecified atom stereocenters. The first kappa shape index (κ1) is 16.8. The third-order valence-electron chi connectivity index (χ3n) is 4.67. The number of hydrogen-bond donors (Lipinski definition) is 0. The molecule has 6 heteroatoms. The Labute approximate surface area is 146 Å². The fourth-order valence-corrected chi connectivity index (χ4v) is 3.52. The summed E-state index contributed by atoms with van der Waals surface area (Å²) in [7, 11) is 3.30. The molecule has 2 aromatic rings. The molecule has 0 saturated carbocycles. The van der Waals surface area contributed by atoms with Crippen molar-refractivity contribution in [3.05, 3.63) is 51.4 Å². The van der Waals surface area contributed by atoms with E-state index in [2.05, 4.69) is 22.1 Å². The number of halogens is 1. The maximum Gasteiger partial charge on any atom is 0.287 e. The number of hydrogen-bond acceptors (Lipinski definition) is 4. The molecule has 0 radical (unpaired) electrons. The van der Waals surface area contributed by atoms with Crippen LogP contribution in [-0.4, -0.2) is 30.0 Å². The topological polar surface area (TPSA) is 47.4 Å². The summed E-state index contributed by atoms with van der Waals surface area (Å²) in [6, 6.07) is 8.26. The minimum atomic E-state index is -0.243. The summed E-state index contributed by atoms with van der Waals surface area (Å²) < 4.78 is 6.56. The molecule has 24 heavy (non-hydrogen) atoms. The van der Waals surface area contributed by atoms with Crippen LogP contribution in [0.4, 0.5) is 5.69 Å². The maximum atomic E-state index is 11.9. The zero-order valence-corrected chi connectivity index (χ0v) is 14.8. The second kappa shape index (κ2) is 7.26. The van der Waals surface area contributed by atoms with Crippen molar-refractivity contribution in [3.63, 3.8) is 0 Å². The Morgan fingerprint density at radius 1 is 1.33 bits per heavy atom. The van der Waals surface area contributed by atoms with Gasteiger partial charge in [0, 0.05) is 20.1 Å². The van der Waals surface area contributed by atoms with E-state index in [1.807, 2.05) is 12.1 Å². The lowest BCUT2D eigenvalue weighted by molar-refractivity contribution is 0.398. The Kier molecular flexibility index (Phi) is 5.09. The summed E-state index contributed by atoms with van der Waals surface area (Å²) in [6.07, 6.45) is 4.88. The van der Waals surface area contributed by atoms with Crippen LogP contribution in [0.3, 0.4) is 0 Å². The number of rotatable bonds is 4. The molecule has 128 valence electrons. The van der Waals surface area contributed by atoms with Gasteiger partial charge in [-0.2, -0.15) is 5.10 Å². The van der Waals surface area contributed by atoms with Crippen LogP contribution in [-0.2, 0) is 13.5 Å². The number of aromatic nitrogens is 2. The zero-order valence-electron chi connectivity index (χ0n) is 14.0. The highest BCUT2D eigenvalue weighted by Crippen LogP contribution is 2.28. The lowest BCUT2D eigenvalue weighted by Crippen LogP contribution is -2.36. The normalized spacial score (nSPS) is 15.5. The molecule has 0 bridgehead atoms. The van der Waals surface area contributed by atoms with Crippen LogP contribution in [0.1, 0.15) is 18.4 Å². The average molecular weight is 348 g/mol. The number of aryl methyl sites for hydroxylation is 1. The van der Waals surface area contributed by atoms with Gasteiger partial charge in [0.25, 0.3) is 5.56 Å². The largest absolute Gasteiger partial charge is 0.497 e. The van der Waals surface area contributed by atoms with Gasteiger partial charge in [0.2, 0.25) is 0 Å². The van der Waals surface area contributed by atoms with Gasteiger partial charge in [-0.25, -0.2) is 4.68 Å². The quantitative estimate of drug-likeness (QED) is 0.853. The Morgan fingerprint density at radius 3 is 2.79 bits per heavy atom. The summed E-state index contributed by atoms with van der Waals surface area (Å²) in [6.45, 7) is 1.78. The highest BCUT2D eigenvalue weighted by Gasteiger charge is 2.22. The fourth-order valence-electron chi connectivity index (χ4n) is 3.23. The number of ether oxygens (including phenoxy) is 1. The van der Waals surface area contributed by atoms with Crippen molar-refractivity contribution in [2.24, 2.45) is 13.0 Å². The van der Waals surface area contributed by atoms with Gasteiger partial charge in [-0.05, 0) is 42.9 Å². The van der Waals surface area contributed by atoms with Crippen molar-refractivity contribution in [1.29, 1.82) is 0 Å². The van der Waals surface area contributed by atoms with Crippen molar-refractivity contribution in [2.45, 2.75) is 19.3 Å². The number of anilines is 1. The molecule has 5 nitrogen and oxygen atoms in total. The van der Waals surface area contributed by atoms with Gasteiger partial charge in [-0.3, -0.25) is 4.79 Å². The molecular weight excluding hydrogens is 326 g/mol. The molecule has 1 saturated heterocycles. The van der Waals surface area contributed by atoms with Gasteiger partial charge in [-0.1, -0.05) is 23.7 Å². The summed E-state index contributed by atoms with van der Waals surface area (Å²) in [4.78, 5) is 14.1. The summed E-state index contributed by atoms with van der Waals surface area (Å²) in [5, 5.41) is 4.35. The van der Waals surface area contributed by atoms with Crippen molar-refractivity contribution < 1.29 is 4.74 Å². The van der Waals surface area contributed by atoms with Crippen molar-refractivity contribution in [2.75, 3.05) is 25.1 Å². The zero-order chi connectivity index (χ0) is 17.1. The van der Waals surface area contributed by atoms with Crippen molar-refractivity contribution in [3.8, 4) is 5.75 Å². The first-order chi connectivity index (χ1) is 11.6. The van der Waals surface area contributed by atoms with Crippen LogP contribution in [0.15, 0.2) is 35.3 Å². The van der Waals surface area contributed by atoms with Gasteiger partial charge in [0.05, 0.1) is 19.0 Å². The molecule has 1 fully saturated rings. The predicted molar refractivity (Wildman–Crippen MR) is 96.1 cm³/mol. The van der Waals surface area contributed by atoms with Gasteiger partial charge in [0.1, 0.15) is 10.8 Å². The van der Waals surface area contributed by atoms with Crippen LogP contribution in [0.5, 0.6) is 5.75 Å². The standard InChI is InChI=1S/C18H22ClN3O2/c1-21-18(23)17(19)16(12-20-21)22-8-6-13(7-9-22)10-14-4-3-5-15(11-14)24-2/h3-5,11-13H,6-10H2,1-2H3. The third-order valence-corrected chi connectivity index (χ3v) is 5.03. The lowest BCUT2D eigenvalue weighted by atomic mass is 9.90. The van der Waals surface area contributed by atoms with Gasteiger partial charge in [0.15, 0.2) is 0 Å². The summed E-state index contributed by atoms with van der Waals surface area (Å²) in [5.74, 6) is 1.54. The smallest absolute Gasteiger partial charge is 0.287 e. The first-order valence-electron chi connectivity index (χ1n) is 8.18. The molecule has 0 N–H and O–H groups in total. The third kappa shape index (κ3) is 3.56. The molecule has 0 atom stereocenters. The fraction of sp³-hybridized carbons (Fsp3) is 0.444. The number of benzene rings is 1. The Hall–Kier alpha value is -2.01. The monoisotopic (exact) mass is 347 g/mol. The lowest BCUT2D eigenvalue weighted by Gasteiger charge is -2.33. The number of methoxy groups -OCH3 is 1. The van der Waals surface area contributed by atoms with Crippen molar-refractivity contribution >= 4 is 17.3 Å². The van der Waals surface area contributed by atoms with Gasteiger partial charge in [-0.15, -0.1) is 0 Å². The second-order valence-electron chi connectivity index (χ2n) is 6.26. The summed E-state index contributed by atoms with van der Waals surface area (Å²) in [5.41, 5.74) is 1.81. The molecule has 1 aliphatic rings. The van der Waals surface area contributed by atoms with E-state index in [1.54, 1.807) is 20.4 Å². The molecule has 1 aliphatic heterocycles. The van der Waals surface area contributed by atoms with E-state index in [4.69, 9.17) is 16.3 Å². The first-order valence-corrected chi connectivity index (χ1v) is 8.56. The SMILES string of the molecule is COc1cccc(CC2CCN(c3cnn(C)c(=O)c3Cl)CC2)c1. The second-order valence-corrected chi connectivity index (χ2v) is 6.64. The molecule has 0 amide bonds. The van der Waals surface area contributed by atoms with E-state index in [0.717, 1.165) is 43.8 Å². The highest BCUT2D eigenvalue weighted by molar-refractivity contribution is 6.33. The number of nitrogens with zero attached hydrogens (tertiary/aromatic N) is 3. The number of piperidine rings is 1. The van der Waals surface area contributed by atoms with Crippen LogP contribution < -0.4 is 15.2 Å². The van der Waals surface area contributed by atoms with Crippen LogP contribution in [0, 0.1) is 5.92 Å². The predicted octanol–water partition coefficient (Wildman–Crippen LogP) is 2.90. The molecule has 0 spiro atoms. The van der Waals surface area contributed by atoms with E-state index >= 15 is 0 Å². The Balaban J connectivity index is 1.63.